The van der Waals surface area contributed by atoms with Crippen LogP contribution in [-0.2, 0) is 0 Å². The van der Waals surface area contributed by atoms with Crippen LogP contribution in [0.15, 0.2) is 270 Å². The van der Waals surface area contributed by atoms with Crippen molar-refractivity contribution in [2.45, 2.75) is 0 Å². The van der Waals surface area contributed by atoms with Gasteiger partial charge in [-0.25, -0.2) is 0 Å². The number of fused-ring (bicyclic) bond motifs is 8. The van der Waals surface area contributed by atoms with Crippen molar-refractivity contribution in [3.8, 4) is 55.6 Å². The summed E-state index contributed by atoms with van der Waals surface area (Å²) in [4.78, 5) is 0. The maximum Gasteiger partial charge on any atom is 0.488 e. The highest BCUT2D eigenvalue weighted by Gasteiger charge is 2.23. The summed E-state index contributed by atoms with van der Waals surface area (Å²) in [5, 5.41) is 34.6. The number of halogens is 1. The van der Waals surface area contributed by atoms with E-state index >= 15 is 0 Å². The standard InChI is InChI=1S/C34H22S.C28H17BrS.C6H7BO2/c1-3-12-24(13-4-1)30-22-35-34-32(25-14-5-2-6-15-25)31(28-17-9-10-18-29(28)33(30)34)27-20-19-23-11-7-8-16-26(23)21-27;29-24-17-30-28-26(19-9-2-1-3-10-19)25(22-12-6-7-13-23(22)27(24)28)21-15-14-18-8-4-5-11-20(18)16-21;8-7(9)6-4-2-1-3-5-6/h1-22H;1-17H;1-5,8-9H. The highest BCUT2D eigenvalue weighted by molar-refractivity contribution is 9.10. The molecule has 2 N–H and O–H groups in total. The van der Waals surface area contributed by atoms with Gasteiger partial charge in [-0.3, -0.25) is 0 Å². The molecule has 74 heavy (non-hydrogen) atoms. The molecule has 0 saturated heterocycles. The van der Waals surface area contributed by atoms with Gasteiger partial charge >= 0.3 is 7.12 Å². The van der Waals surface area contributed by atoms with E-state index in [9.17, 15) is 0 Å². The summed E-state index contributed by atoms with van der Waals surface area (Å²) in [6, 6.07) is 89.7. The van der Waals surface area contributed by atoms with Crippen molar-refractivity contribution in [3.63, 3.8) is 0 Å². The summed E-state index contributed by atoms with van der Waals surface area (Å²) in [6.07, 6.45) is 0. The summed E-state index contributed by atoms with van der Waals surface area (Å²) in [5.74, 6) is 0. The van der Waals surface area contributed by atoms with Gasteiger partial charge in [0.2, 0.25) is 0 Å². The van der Waals surface area contributed by atoms with E-state index in [4.69, 9.17) is 10.0 Å². The zero-order valence-electron chi connectivity index (χ0n) is 40.1. The van der Waals surface area contributed by atoms with Crippen LogP contribution in [0.4, 0.5) is 0 Å². The normalized spacial score (nSPS) is 11.2. The minimum absolute atomic E-state index is 0.525. The Bertz CT molecular complexity index is 4290. The molecule has 14 rings (SSSR count). The second-order valence-corrected chi connectivity index (χ2v) is 20.9. The van der Waals surface area contributed by atoms with Gasteiger partial charge < -0.3 is 10.0 Å². The number of hydrogen-bond acceptors (Lipinski definition) is 4. The molecule has 352 valence electrons. The molecule has 0 bridgehead atoms. The molecule has 0 atom stereocenters. The van der Waals surface area contributed by atoms with Crippen molar-refractivity contribution in [1.82, 2.24) is 0 Å². The lowest BCUT2D eigenvalue weighted by Gasteiger charge is -2.17. The third-order valence-electron chi connectivity index (χ3n) is 13.8. The SMILES string of the molecule is Brc1csc2c(-c3ccccc3)c(-c3ccc4ccccc4c3)c3ccccc3c12.OB(O)c1ccccc1.c1ccc(-c2c(-c3ccc4ccccc4c3)c3ccccc3c3c(-c4ccccc4)csc23)cc1. The van der Waals surface area contributed by atoms with Crippen LogP contribution in [0.2, 0.25) is 0 Å². The highest BCUT2D eigenvalue weighted by atomic mass is 79.9. The minimum atomic E-state index is -1.34. The van der Waals surface area contributed by atoms with Crippen LogP contribution in [0.5, 0.6) is 0 Å². The van der Waals surface area contributed by atoms with Gasteiger partial charge in [0.05, 0.1) is 0 Å². The monoisotopic (exact) mass is 1050 g/mol. The van der Waals surface area contributed by atoms with E-state index in [2.05, 4.69) is 251 Å². The van der Waals surface area contributed by atoms with E-state index in [0.717, 1.165) is 0 Å². The van der Waals surface area contributed by atoms with Crippen LogP contribution in [0.1, 0.15) is 0 Å². The second-order valence-electron chi connectivity index (χ2n) is 18.2. The fraction of sp³-hybridized carbons (Fsp3) is 0. The van der Waals surface area contributed by atoms with Crippen LogP contribution in [-0.4, -0.2) is 17.2 Å². The average molecular weight is 1050 g/mol. The quantitative estimate of drug-likeness (QED) is 0.163. The minimum Gasteiger partial charge on any atom is -0.423 e. The predicted molar refractivity (Wildman–Crippen MR) is 325 cm³/mol. The van der Waals surface area contributed by atoms with Gasteiger partial charge in [0.15, 0.2) is 0 Å². The van der Waals surface area contributed by atoms with Crippen molar-refractivity contribution in [2.75, 3.05) is 0 Å². The molecule has 12 aromatic carbocycles. The molecule has 0 aliphatic rings. The average Bonchev–Trinajstić information content (AvgIpc) is 4.10. The van der Waals surface area contributed by atoms with Crippen LogP contribution < -0.4 is 5.46 Å². The van der Waals surface area contributed by atoms with Gasteiger partial charge in [-0.15, -0.1) is 22.7 Å². The van der Waals surface area contributed by atoms with E-state index in [1.165, 1.54) is 123 Å². The van der Waals surface area contributed by atoms with Gasteiger partial charge in [-0.2, -0.15) is 0 Å². The molecule has 0 aliphatic heterocycles. The lowest BCUT2D eigenvalue weighted by molar-refractivity contribution is 0.426. The Balaban J connectivity index is 0.000000130. The molecule has 0 saturated carbocycles. The van der Waals surface area contributed by atoms with Gasteiger partial charge in [0, 0.05) is 46.7 Å². The molecular formula is C68H46BBrO2S2. The maximum absolute atomic E-state index is 8.58. The third-order valence-corrected chi connectivity index (χ3v) is 16.7. The van der Waals surface area contributed by atoms with Gasteiger partial charge in [-0.1, -0.05) is 243 Å². The summed E-state index contributed by atoms with van der Waals surface area (Å²) >= 11 is 7.49. The third kappa shape index (κ3) is 9.02. The maximum atomic E-state index is 8.58. The van der Waals surface area contributed by atoms with Crippen molar-refractivity contribution >= 4 is 114 Å². The number of rotatable bonds is 6. The van der Waals surface area contributed by atoms with E-state index in [1.807, 2.05) is 28.7 Å². The van der Waals surface area contributed by atoms with Gasteiger partial charge in [0.1, 0.15) is 0 Å². The first-order valence-corrected chi connectivity index (χ1v) is 27.2. The first-order chi connectivity index (χ1) is 36.5. The fourth-order valence-corrected chi connectivity index (χ4v) is 13.4. The molecule has 2 heterocycles. The Morgan fingerprint density at radius 1 is 0.311 bits per heavy atom. The van der Waals surface area contributed by atoms with Crippen LogP contribution in [0.3, 0.4) is 0 Å². The van der Waals surface area contributed by atoms with E-state index in [1.54, 1.807) is 24.3 Å². The van der Waals surface area contributed by atoms with Crippen molar-refractivity contribution in [3.05, 3.63) is 270 Å². The number of benzene rings is 12. The molecule has 0 spiro atoms. The first-order valence-electron chi connectivity index (χ1n) is 24.6. The lowest BCUT2D eigenvalue weighted by Crippen LogP contribution is -2.29. The van der Waals surface area contributed by atoms with E-state index in [-0.39, 0.29) is 0 Å². The largest absolute Gasteiger partial charge is 0.488 e. The van der Waals surface area contributed by atoms with Crippen molar-refractivity contribution in [2.24, 2.45) is 0 Å². The van der Waals surface area contributed by atoms with E-state index < -0.39 is 7.12 Å². The van der Waals surface area contributed by atoms with Gasteiger partial charge in [-0.05, 0) is 121 Å². The zero-order chi connectivity index (χ0) is 50.0. The molecular weight excluding hydrogens is 1000 g/mol. The zero-order valence-corrected chi connectivity index (χ0v) is 43.3. The molecule has 0 aliphatic carbocycles. The van der Waals surface area contributed by atoms with Crippen LogP contribution in [0, 0.1) is 0 Å². The number of thiophene rings is 2. The predicted octanol–water partition coefficient (Wildman–Crippen LogP) is 18.9. The topological polar surface area (TPSA) is 40.5 Å². The molecule has 14 aromatic rings. The van der Waals surface area contributed by atoms with Crippen LogP contribution >= 0.6 is 38.6 Å². The first kappa shape index (κ1) is 47.1. The Kier molecular flexibility index (Phi) is 13.3. The fourth-order valence-electron chi connectivity index (χ4n) is 10.4. The van der Waals surface area contributed by atoms with Crippen LogP contribution in [0.25, 0.3) is 119 Å². The Morgan fingerprint density at radius 2 is 0.689 bits per heavy atom. The lowest BCUT2D eigenvalue weighted by atomic mass is 9.81. The van der Waals surface area contributed by atoms with Crippen molar-refractivity contribution in [1.29, 1.82) is 0 Å². The summed E-state index contributed by atoms with van der Waals surface area (Å²) < 4.78 is 3.84. The van der Waals surface area contributed by atoms with Gasteiger partial charge in [0.25, 0.3) is 0 Å². The number of hydrogen-bond donors (Lipinski definition) is 2. The summed E-state index contributed by atoms with van der Waals surface area (Å²) in [5.41, 5.74) is 13.4. The molecule has 2 nitrogen and oxygen atoms in total. The Morgan fingerprint density at radius 3 is 1.16 bits per heavy atom. The second kappa shape index (κ2) is 20.9. The Labute approximate surface area is 447 Å². The molecule has 0 radical (unpaired) electrons. The summed E-state index contributed by atoms with van der Waals surface area (Å²) in [7, 11) is -1.34. The highest BCUT2D eigenvalue weighted by Crippen LogP contribution is 2.51. The summed E-state index contributed by atoms with van der Waals surface area (Å²) in [6.45, 7) is 0. The van der Waals surface area contributed by atoms with Crippen molar-refractivity contribution < 1.29 is 10.0 Å². The molecule has 0 unspecified atom stereocenters. The van der Waals surface area contributed by atoms with E-state index in [0.29, 0.717) is 5.46 Å². The Hall–Kier alpha value is -7.94. The molecule has 6 heteroatoms. The molecule has 0 amide bonds. The molecule has 0 fully saturated rings. The smallest absolute Gasteiger partial charge is 0.423 e. The molecule has 2 aromatic heterocycles.